The third kappa shape index (κ3) is 3.34. The van der Waals surface area contributed by atoms with Crippen LogP contribution in [0.1, 0.15) is 25.7 Å². The monoisotopic (exact) mass is 250 g/mol. The SMILES string of the molecule is O=C(N(CC1CCCNC1)C1CC1)C(F)(F)F. The van der Waals surface area contributed by atoms with Gasteiger partial charge in [0.05, 0.1) is 0 Å². The van der Waals surface area contributed by atoms with E-state index in [2.05, 4.69) is 5.32 Å². The summed E-state index contributed by atoms with van der Waals surface area (Å²) in [4.78, 5) is 12.3. The largest absolute Gasteiger partial charge is 0.471 e. The Kier molecular flexibility index (Phi) is 3.61. The van der Waals surface area contributed by atoms with Gasteiger partial charge in [-0.15, -0.1) is 0 Å². The quantitative estimate of drug-likeness (QED) is 0.824. The summed E-state index contributed by atoms with van der Waals surface area (Å²) in [6.07, 6.45) is -1.43. The number of carbonyl (C=O) groups excluding carboxylic acids is 1. The van der Waals surface area contributed by atoms with Crippen LogP contribution in [0.15, 0.2) is 0 Å². The summed E-state index contributed by atoms with van der Waals surface area (Å²) >= 11 is 0. The van der Waals surface area contributed by atoms with Crippen LogP contribution in [0, 0.1) is 5.92 Å². The number of carbonyl (C=O) groups is 1. The lowest BCUT2D eigenvalue weighted by Gasteiger charge is -2.30. The number of rotatable bonds is 3. The third-order valence-electron chi connectivity index (χ3n) is 3.34. The van der Waals surface area contributed by atoms with E-state index in [9.17, 15) is 18.0 Å². The average molecular weight is 250 g/mol. The second kappa shape index (κ2) is 4.84. The number of piperidine rings is 1. The standard InChI is InChI=1S/C11H17F3N2O/c12-11(13,14)10(17)16(9-3-4-9)7-8-2-1-5-15-6-8/h8-9,15H,1-7H2. The summed E-state index contributed by atoms with van der Waals surface area (Å²) in [5.41, 5.74) is 0. The highest BCUT2D eigenvalue weighted by molar-refractivity contribution is 5.82. The van der Waals surface area contributed by atoms with Crippen LogP contribution < -0.4 is 5.32 Å². The molecule has 17 heavy (non-hydrogen) atoms. The normalized spacial score (nSPS) is 25.7. The minimum absolute atomic E-state index is 0.163. The molecule has 1 saturated carbocycles. The molecule has 1 saturated heterocycles. The van der Waals surface area contributed by atoms with Gasteiger partial charge in [-0.05, 0) is 44.7 Å². The lowest BCUT2D eigenvalue weighted by atomic mass is 9.99. The van der Waals surface area contributed by atoms with Crippen molar-refractivity contribution >= 4 is 5.91 Å². The lowest BCUT2D eigenvalue weighted by molar-refractivity contribution is -0.186. The zero-order valence-corrected chi connectivity index (χ0v) is 9.59. The van der Waals surface area contributed by atoms with Crippen LogP contribution in [0.25, 0.3) is 0 Å². The van der Waals surface area contributed by atoms with Gasteiger partial charge in [0.1, 0.15) is 0 Å². The van der Waals surface area contributed by atoms with E-state index in [0.717, 1.165) is 24.3 Å². The molecule has 3 nitrogen and oxygen atoms in total. The fraction of sp³-hybridized carbons (Fsp3) is 0.909. The van der Waals surface area contributed by atoms with Gasteiger partial charge in [0.25, 0.3) is 0 Å². The molecule has 1 aliphatic heterocycles. The van der Waals surface area contributed by atoms with Crippen molar-refractivity contribution in [1.29, 1.82) is 0 Å². The Bertz CT molecular complexity index is 283. The van der Waals surface area contributed by atoms with Crippen molar-refractivity contribution in [2.24, 2.45) is 5.92 Å². The van der Waals surface area contributed by atoms with Gasteiger partial charge >= 0.3 is 12.1 Å². The van der Waals surface area contributed by atoms with E-state index >= 15 is 0 Å². The maximum atomic E-state index is 12.4. The van der Waals surface area contributed by atoms with Crippen LogP contribution in [-0.4, -0.2) is 42.7 Å². The zero-order chi connectivity index (χ0) is 12.5. The highest BCUT2D eigenvalue weighted by Crippen LogP contribution is 2.32. The molecular formula is C11H17F3N2O. The second-order valence-electron chi connectivity index (χ2n) is 4.90. The van der Waals surface area contributed by atoms with E-state index in [0.29, 0.717) is 19.4 Å². The summed E-state index contributed by atoms with van der Waals surface area (Å²) in [6, 6.07) is -0.175. The van der Waals surface area contributed by atoms with Crippen LogP contribution in [0.2, 0.25) is 0 Å². The smallest absolute Gasteiger partial charge is 0.332 e. The van der Waals surface area contributed by atoms with Crippen molar-refractivity contribution in [1.82, 2.24) is 10.2 Å². The van der Waals surface area contributed by atoms with Crippen molar-refractivity contribution in [3.8, 4) is 0 Å². The Labute approximate surface area is 98.3 Å². The van der Waals surface area contributed by atoms with Crippen LogP contribution in [-0.2, 0) is 4.79 Å². The maximum absolute atomic E-state index is 12.4. The van der Waals surface area contributed by atoms with Crippen LogP contribution >= 0.6 is 0 Å². The van der Waals surface area contributed by atoms with Gasteiger partial charge in [0.15, 0.2) is 0 Å². The molecule has 6 heteroatoms. The van der Waals surface area contributed by atoms with Crippen molar-refractivity contribution in [2.75, 3.05) is 19.6 Å². The first-order valence-electron chi connectivity index (χ1n) is 6.07. The maximum Gasteiger partial charge on any atom is 0.471 e. The van der Waals surface area contributed by atoms with Crippen molar-refractivity contribution in [3.63, 3.8) is 0 Å². The number of nitrogens with zero attached hydrogens (tertiary/aromatic N) is 1. The highest BCUT2D eigenvalue weighted by Gasteiger charge is 2.47. The summed E-state index contributed by atoms with van der Waals surface area (Å²) in [6.45, 7) is 1.89. The van der Waals surface area contributed by atoms with Gasteiger partial charge in [-0.2, -0.15) is 13.2 Å². The molecule has 98 valence electrons. The van der Waals surface area contributed by atoms with E-state index in [4.69, 9.17) is 0 Å². The second-order valence-corrected chi connectivity index (χ2v) is 4.90. The van der Waals surface area contributed by atoms with Gasteiger partial charge in [0.2, 0.25) is 0 Å². The summed E-state index contributed by atoms with van der Waals surface area (Å²) in [7, 11) is 0. The first-order chi connectivity index (χ1) is 7.98. The predicted molar refractivity (Wildman–Crippen MR) is 56.4 cm³/mol. The number of hydrogen-bond acceptors (Lipinski definition) is 2. The van der Waals surface area contributed by atoms with E-state index in [-0.39, 0.29) is 18.5 Å². The fourth-order valence-corrected chi connectivity index (χ4v) is 2.30. The molecule has 1 N–H and O–H groups in total. The first-order valence-corrected chi connectivity index (χ1v) is 6.07. The Morgan fingerprint density at radius 1 is 1.29 bits per heavy atom. The Morgan fingerprint density at radius 3 is 2.47 bits per heavy atom. The summed E-state index contributed by atoms with van der Waals surface area (Å²) in [5.74, 6) is -1.50. The molecule has 0 aromatic rings. The van der Waals surface area contributed by atoms with Crippen LogP contribution in [0.3, 0.4) is 0 Å². The molecule has 0 bridgehead atoms. The van der Waals surface area contributed by atoms with E-state index in [1.54, 1.807) is 0 Å². The zero-order valence-electron chi connectivity index (χ0n) is 9.59. The molecule has 1 heterocycles. The Morgan fingerprint density at radius 2 is 2.00 bits per heavy atom. The van der Waals surface area contributed by atoms with E-state index < -0.39 is 12.1 Å². The number of halogens is 3. The number of alkyl halides is 3. The molecule has 2 rings (SSSR count). The summed E-state index contributed by atoms with van der Waals surface area (Å²) < 4.78 is 37.3. The molecule has 1 amide bonds. The van der Waals surface area contributed by atoms with Gasteiger partial charge in [-0.25, -0.2) is 0 Å². The number of amides is 1. The van der Waals surface area contributed by atoms with Gasteiger partial charge in [-0.1, -0.05) is 0 Å². The topological polar surface area (TPSA) is 32.3 Å². The molecule has 1 unspecified atom stereocenters. The van der Waals surface area contributed by atoms with E-state index in [1.165, 1.54) is 0 Å². The minimum Gasteiger partial charge on any atom is -0.332 e. The molecule has 2 aliphatic rings. The highest BCUT2D eigenvalue weighted by atomic mass is 19.4. The number of nitrogens with one attached hydrogen (secondary N) is 1. The lowest BCUT2D eigenvalue weighted by Crippen LogP contribution is -2.47. The minimum atomic E-state index is -4.73. The van der Waals surface area contributed by atoms with Gasteiger partial charge in [-0.3, -0.25) is 4.79 Å². The molecule has 1 aliphatic carbocycles. The third-order valence-corrected chi connectivity index (χ3v) is 3.34. The summed E-state index contributed by atoms with van der Waals surface area (Å²) in [5, 5.41) is 3.16. The van der Waals surface area contributed by atoms with Crippen LogP contribution in [0.4, 0.5) is 13.2 Å². The van der Waals surface area contributed by atoms with Crippen molar-refractivity contribution in [2.45, 2.75) is 37.9 Å². The molecule has 1 atom stereocenters. The van der Waals surface area contributed by atoms with E-state index in [1.807, 2.05) is 0 Å². The van der Waals surface area contributed by atoms with Crippen molar-refractivity contribution in [3.05, 3.63) is 0 Å². The molecule has 0 aromatic carbocycles. The fourth-order valence-electron chi connectivity index (χ4n) is 2.30. The Balaban J connectivity index is 1.95. The average Bonchev–Trinajstić information content (AvgIpc) is 3.09. The van der Waals surface area contributed by atoms with Crippen molar-refractivity contribution < 1.29 is 18.0 Å². The predicted octanol–water partition coefficient (Wildman–Crippen LogP) is 1.54. The first kappa shape index (κ1) is 12.7. The molecule has 0 radical (unpaired) electrons. The molecular weight excluding hydrogens is 233 g/mol. The molecule has 0 aromatic heterocycles. The molecule has 2 fully saturated rings. The Hall–Kier alpha value is -0.780. The van der Waals surface area contributed by atoms with Gasteiger partial charge < -0.3 is 10.2 Å². The number of hydrogen-bond donors (Lipinski definition) is 1. The molecule has 0 spiro atoms. The van der Waals surface area contributed by atoms with Gasteiger partial charge in [0, 0.05) is 12.6 Å². The van der Waals surface area contributed by atoms with Crippen LogP contribution in [0.5, 0.6) is 0 Å².